The Kier molecular flexibility index (Phi) is 5.53. The number of halogens is 1. The summed E-state index contributed by atoms with van der Waals surface area (Å²) >= 11 is 6.14. The van der Waals surface area contributed by atoms with Crippen LogP contribution < -0.4 is 5.32 Å². The molecule has 0 aliphatic rings. The fourth-order valence-electron chi connectivity index (χ4n) is 1.96. The molecule has 0 aliphatic carbocycles. The van der Waals surface area contributed by atoms with Gasteiger partial charge >= 0.3 is 0 Å². The van der Waals surface area contributed by atoms with Crippen molar-refractivity contribution < 1.29 is 4.79 Å². The van der Waals surface area contributed by atoms with Crippen LogP contribution >= 0.6 is 11.6 Å². The zero-order chi connectivity index (χ0) is 15.9. The maximum atomic E-state index is 11.9. The number of aromatic nitrogens is 2. The summed E-state index contributed by atoms with van der Waals surface area (Å²) in [6.07, 6.45) is 1.62. The van der Waals surface area contributed by atoms with Crippen molar-refractivity contribution in [1.82, 2.24) is 14.7 Å². The minimum absolute atomic E-state index is 0.144. The van der Waals surface area contributed by atoms with Gasteiger partial charge in [-0.3, -0.25) is 9.69 Å². The number of nitrogens with one attached hydrogen (secondary N) is 1. The predicted octanol–water partition coefficient (Wildman–Crippen LogP) is 1.98. The molecule has 0 fully saturated rings. The average molecular weight is 318 g/mol. The molecule has 1 heterocycles. The quantitative estimate of drug-likeness (QED) is 0.827. The highest BCUT2D eigenvalue weighted by Gasteiger charge is 2.10. The Morgan fingerprint density at radius 3 is 2.95 bits per heavy atom. The van der Waals surface area contributed by atoms with Gasteiger partial charge in [0.25, 0.3) is 0 Å². The van der Waals surface area contributed by atoms with Gasteiger partial charge in [-0.25, -0.2) is 4.68 Å². The van der Waals surface area contributed by atoms with Crippen molar-refractivity contribution in [2.24, 2.45) is 0 Å². The number of benzene rings is 1. The molecule has 1 amide bonds. The molecule has 6 nitrogen and oxygen atoms in total. The van der Waals surface area contributed by atoms with E-state index in [1.807, 2.05) is 30.3 Å². The summed E-state index contributed by atoms with van der Waals surface area (Å²) in [5, 5.41) is 16.2. The van der Waals surface area contributed by atoms with Crippen molar-refractivity contribution in [2.75, 3.05) is 25.5 Å². The molecular weight excluding hydrogens is 302 g/mol. The molecular formula is C15H16ClN5O. The van der Waals surface area contributed by atoms with Gasteiger partial charge in [-0.15, -0.1) is 0 Å². The SMILES string of the molecule is CN(CC#N)CC(=O)Nc1ccnn1Cc1ccccc1Cl. The van der Waals surface area contributed by atoms with E-state index in [0.29, 0.717) is 17.4 Å². The lowest BCUT2D eigenvalue weighted by molar-refractivity contribution is -0.116. The molecule has 0 bridgehead atoms. The van der Waals surface area contributed by atoms with Crippen LogP contribution in [0.3, 0.4) is 0 Å². The zero-order valence-electron chi connectivity index (χ0n) is 12.2. The van der Waals surface area contributed by atoms with Crippen LogP contribution in [0.1, 0.15) is 5.56 Å². The summed E-state index contributed by atoms with van der Waals surface area (Å²) in [6, 6.07) is 11.2. The van der Waals surface area contributed by atoms with Gasteiger partial charge in [0.15, 0.2) is 0 Å². The molecule has 0 aliphatic heterocycles. The van der Waals surface area contributed by atoms with Crippen LogP contribution in [-0.2, 0) is 11.3 Å². The Morgan fingerprint density at radius 2 is 2.23 bits per heavy atom. The number of nitriles is 1. The first-order valence-electron chi connectivity index (χ1n) is 6.70. The lowest BCUT2D eigenvalue weighted by atomic mass is 10.2. The minimum atomic E-state index is -0.196. The Bertz CT molecular complexity index is 691. The van der Waals surface area contributed by atoms with Gasteiger partial charge in [-0.1, -0.05) is 29.8 Å². The van der Waals surface area contributed by atoms with Gasteiger partial charge in [0.1, 0.15) is 5.82 Å². The number of carbonyl (C=O) groups excluding carboxylic acids is 1. The first-order chi connectivity index (χ1) is 10.6. The Labute approximate surface area is 133 Å². The number of rotatable bonds is 6. The highest BCUT2D eigenvalue weighted by molar-refractivity contribution is 6.31. The Morgan fingerprint density at radius 1 is 1.45 bits per heavy atom. The van der Waals surface area contributed by atoms with E-state index in [2.05, 4.69) is 10.4 Å². The monoisotopic (exact) mass is 317 g/mol. The predicted molar refractivity (Wildman–Crippen MR) is 84.5 cm³/mol. The third-order valence-electron chi connectivity index (χ3n) is 3.02. The molecule has 1 aromatic heterocycles. The van der Waals surface area contributed by atoms with Gasteiger partial charge in [-0.2, -0.15) is 10.4 Å². The third-order valence-corrected chi connectivity index (χ3v) is 3.38. The summed E-state index contributed by atoms with van der Waals surface area (Å²) in [6.45, 7) is 0.813. The molecule has 0 unspecified atom stereocenters. The van der Waals surface area contributed by atoms with E-state index in [9.17, 15) is 4.79 Å². The molecule has 114 valence electrons. The van der Waals surface area contributed by atoms with Crippen molar-refractivity contribution in [3.63, 3.8) is 0 Å². The van der Waals surface area contributed by atoms with Crippen LogP contribution in [0, 0.1) is 11.3 Å². The summed E-state index contributed by atoms with van der Waals surface area (Å²) in [7, 11) is 1.71. The van der Waals surface area contributed by atoms with E-state index in [1.54, 1.807) is 28.9 Å². The molecule has 0 spiro atoms. The highest BCUT2D eigenvalue weighted by atomic mass is 35.5. The van der Waals surface area contributed by atoms with Crippen LogP contribution in [-0.4, -0.2) is 40.7 Å². The van der Waals surface area contributed by atoms with E-state index in [0.717, 1.165) is 5.56 Å². The lowest BCUT2D eigenvalue weighted by Crippen LogP contribution is -2.31. The van der Waals surface area contributed by atoms with E-state index >= 15 is 0 Å². The average Bonchev–Trinajstić information content (AvgIpc) is 2.88. The summed E-state index contributed by atoms with van der Waals surface area (Å²) in [4.78, 5) is 13.6. The fraction of sp³-hybridized carbons (Fsp3) is 0.267. The van der Waals surface area contributed by atoms with Gasteiger partial charge in [0, 0.05) is 11.1 Å². The van der Waals surface area contributed by atoms with E-state index < -0.39 is 0 Å². The molecule has 1 N–H and O–H groups in total. The Balaban J connectivity index is 2.02. The van der Waals surface area contributed by atoms with Crippen LogP contribution in [0.25, 0.3) is 0 Å². The molecule has 2 rings (SSSR count). The van der Waals surface area contributed by atoms with Crippen molar-refractivity contribution in [1.29, 1.82) is 5.26 Å². The normalized spacial score (nSPS) is 10.5. The number of carbonyl (C=O) groups is 1. The number of hydrogen-bond donors (Lipinski definition) is 1. The number of nitrogens with zero attached hydrogens (tertiary/aromatic N) is 4. The molecule has 22 heavy (non-hydrogen) atoms. The number of likely N-dealkylation sites (N-methyl/N-ethyl adjacent to an activating group) is 1. The standard InChI is InChI=1S/C15H16ClN5O/c1-20(9-7-17)11-15(22)19-14-6-8-18-21(14)10-12-4-2-3-5-13(12)16/h2-6,8H,9-11H2,1H3,(H,19,22). The third kappa shape index (κ3) is 4.32. The molecule has 2 aromatic rings. The fourth-order valence-corrected chi connectivity index (χ4v) is 2.15. The second kappa shape index (κ2) is 7.59. The number of amides is 1. The van der Waals surface area contributed by atoms with Gasteiger partial charge < -0.3 is 5.32 Å². The number of anilines is 1. The van der Waals surface area contributed by atoms with Crippen molar-refractivity contribution in [2.45, 2.75) is 6.54 Å². The molecule has 1 aromatic carbocycles. The summed E-state index contributed by atoms with van der Waals surface area (Å²) < 4.78 is 1.67. The van der Waals surface area contributed by atoms with Crippen LogP contribution in [0.4, 0.5) is 5.82 Å². The summed E-state index contributed by atoms with van der Waals surface area (Å²) in [5.74, 6) is 0.397. The van der Waals surface area contributed by atoms with E-state index in [-0.39, 0.29) is 19.0 Å². The van der Waals surface area contributed by atoms with Crippen LogP contribution in [0.15, 0.2) is 36.5 Å². The van der Waals surface area contributed by atoms with E-state index in [4.69, 9.17) is 16.9 Å². The van der Waals surface area contributed by atoms with Gasteiger partial charge in [0.2, 0.25) is 5.91 Å². The lowest BCUT2D eigenvalue weighted by Gasteiger charge is -2.13. The second-order valence-corrected chi connectivity index (χ2v) is 5.25. The minimum Gasteiger partial charge on any atom is -0.310 e. The molecule has 7 heteroatoms. The number of hydrogen-bond acceptors (Lipinski definition) is 4. The maximum absolute atomic E-state index is 11.9. The topological polar surface area (TPSA) is 74.0 Å². The largest absolute Gasteiger partial charge is 0.310 e. The molecule has 0 radical (unpaired) electrons. The Hall–Kier alpha value is -2.36. The molecule has 0 atom stereocenters. The maximum Gasteiger partial charge on any atom is 0.239 e. The summed E-state index contributed by atoms with van der Waals surface area (Å²) in [5.41, 5.74) is 0.921. The highest BCUT2D eigenvalue weighted by Crippen LogP contribution is 2.18. The van der Waals surface area contributed by atoms with Crippen molar-refractivity contribution in [3.8, 4) is 6.07 Å². The van der Waals surface area contributed by atoms with Crippen LogP contribution in [0.5, 0.6) is 0 Å². The van der Waals surface area contributed by atoms with Crippen molar-refractivity contribution >= 4 is 23.3 Å². The zero-order valence-corrected chi connectivity index (χ0v) is 12.9. The molecule has 0 saturated carbocycles. The van der Waals surface area contributed by atoms with Crippen molar-refractivity contribution in [3.05, 3.63) is 47.1 Å². The second-order valence-electron chi connectivity index (χ2n) is 4.84. The smallest absolute Gasteiger partial charge is 0.239 e. The molecule has 0 saturated heterocycles. The van der Waals surface area contributed by atoms with Crippen LogP contribution in [0.2, 0.25) is 5.02 Å². The van der Waals surface area contributed by atoms with Gasteiger partial charge in [0.05, 0.1) is 31.9 Å². The first kappa shape index (κ1) is 16.0. The van der Waals surface area contributed by atoms with E-state index in [1.165, 1.54) is 0 Å². The first-order valence-corrected chi connectivity index (χ1v) is 7.08. The van der Waals surface area contributed by atoms with Gasteiger partial charge in [-0.05, 0) is 18.7 Å².